The molecular weight excluding hydrogens is 228 g/mol. The Morgan fingerprint density at radius 1 is 1.33 bits per heavy atom. The molecule has 0 atom stereocenters. The van der Waals surface area contributed by atoms with Crippen molar-refractivity contribution in [1.82, 2.24) is 4.90 Å². The van der Waals surface area contributed by atoms with E-state index in [9.17, 15) is 4.79 Å². The summed E-state index contributed by atoms with van der Waals surface area (Å²) in [4.78, 5) is 13.4. The summed E-state index contributed by atoms with van der Waals surface area (Å²) >= 11 is 0. The van der Waals surface area contributed by atoms with Gasteiger partial charge in [0.15, 0.2) is 6.61 Å². The third-order valence-electron chi connectivity index (χ3n) is 2.96. The Bertz CT molecular complexity index is 405. The van der Waals surface area contributed by atoms with Crippen molar-refractivity contribution in [3.05, 3.63) is 29.3 Å². The molecule has 1 aromatic carbocycles. The van der Waals surface area contributed by atoms with E-state index < -0.39 is 0 Å². The standard InChI is InChI=1S/C14H22N2O2/c1-11-5-6-13(9-12(11)2)18-10-14(17)16(3)8-4-7-15/h5-6,9H,4,7-8,10,15H2,1-3H3. The van der Waals surface area contributed by atoms with E-state index in [2.05, 4.69) is 0 Å². The molecule has 100 valence electrons. The van der Waals surface area contributed by atoms with E-state index >= 15 is 0 Å². The molecule has 1 rings (SSSR count). The van der Waals surface area contributed by atoms with Gasteiger partial charge in [-0.3, -0.25) is 4.79 Å². The number of benzene rings is 1. The Labute approximate surface area is 109 Å². The van der Waals surface area contributed by atoms with Gasteiger partial charge in [0, 0.05) is 13.6 Å². The predicted octanol–water partition coefficient (Wildman–Crippen LogP) is 1.49. The van der Waals surface area contributed by atoms with Gasteiger partial charge in [0.2, 0.25) is 0 Å². The Balaban J connectivity index is 2.44. The maximum atomic E-state index is 11.7. The topological polar surface area (TPSA) is 55.6 Å². The highest BCUT2D eigenvalue weighted by atomic mass is 16.5. The molecule has 0 unspecified atom stereocenters. The van der Waals surface area contributed by atoms with E-state index in [-0.39, 0.29) is 12.5 Å². The minimum absolute atomic E-state index is 0.0262. The average Bonchev–Trinajstić information content (AvgIpc) is 2.36. The van der Waals surface area contributed by atoms with Gasteiger partial charge in [-0.2, -0.15) is 0 Å². The molecule has 0 aromatic heterocycles. The number of hydrogen-bond acceptors (Lipinski definition) is 3. The SMILES string of the molecule is Cc1ccc(OCC(=O)N(C)CCCN)cc1C. The molecule has 4 heteroatoms. The van der Waals surface area contributed by atoms with Crippen LogP contribution in [0.15, 0.2) is 18.2 Å². The fourth-order valence-electron chi connectivity index (χ4n) is 1.51. The van der Waals surface area contributed by atoms with Crippen LogP contribution in [0, 0.1) is 13.8 Å². The lowest BCUT2D eigenvalue weighted by Crippen LogP contribution is -2.33. The quantitative estimate of drug-likeness (QED) is 0.832. The number of nitrogens with two attached hydrogens (primary N) is 1. The number of ether oxygens (including phenoxy) is 1. The molecule has 0 bridgehead atoms. The Hall–Kier alpha value is -1.55. The number of nitrogens with zero attached hydrogens (tertiary/aromatic N) is 1. The molecule has 0 aliphatic heterocycles. The van der Waals surface area contributed by atoms with E-state index in [1.165, 1.54) is 5.56 Å². The zero-order chi connectivity index (χ0) is 13.5. The minimum atomic E-state index is -0.0262. The molecule has 0 aliphatic carbocycles. The molecule has 0 fully saturated rings. The van der Waals surface area contributed by atoms with Crippen molar-refractivity contribution in [1.29, 1.82) is 0 Å². The van der Waals surface area contributed by atoms with Crippen molar-refractivity contribution in [2.75, 3.05) is 26.7 Å². The van der Waals surface area contributed by atoms with Crippen molar-refractivity contribution >= 4 is 5.91 Å². The maximum Gasteiger partial charge on any atom is 0.260 e. The van der Waals surface area contributed by atoms with Gasteiger partial charge >= 0.3 is 0 Å². The molecule has 2 N–H and O–H groups in total. The molecule has 0 radical (unpaired) electrons. The van der Waals surface area contributed by atoms with Crippen LogP contribution >= 0.6 is 0 Å². The number of carbonyl (C=O) groups excluding carboxylic acids is 1. The van der Waals surface area contributed by atoms with Crippen LogP contribution in [-0.4, -0.2) is 37.6 Å². The zero-order valence-corrected chi connectivity index (χ0v) is 11.4. The van der Waals surface area contributed by atoms with E-state index in [0.29, 0.717) is 13.1 Å². The van der Waals surface area contributed by atoms with Crippen LogP contribution in [0.4, 0.5) is 0 Å². The van der Waals surface area contributed by atoms with E-state index in [0.717, 1.165) is 17.7 Å². The molecule has 0 spiro atoms. The molecule has 1 aromatic rings. The Morgan fingerprint density at radius 2 is 2.06 bits per heavy atom. The highest BCUT2D eigenvalue weighted by molar-refractivity contribution is 5.77. The zero-order valence-electron chi connectivity index (χ0n) is 11.4. The number of hydrogen-bond donors (Lipinski definition) is 1. The monoisotopic (exact) mass is 250 g/mol. The van der Waals surface area contributed by atoms with Crippen molar-refractivity contribution in [3.8, 4) is 5.75 Å². The summed E-state index contributed by atoms with van der Waals surface area (Å²) in [5.41, 5.74) is 7.78. The van der Waals surface area contributed by atoms with Gasteiger partial charge in [0.05, 0.1) is 0 Å². The average molecular weight is 250 g/mol. The number of aryl methyl sites for hydroxylation is 2. The van der Waals surface area contributed by atoms with Crippen LogP contribution in [0.5, 0.6) is 5.75 Å². The third kappa shape index (κ3) is 4.37. The summed E-state index contributed by atoms with van der Waals surface area (Å²) in [5, 5.41) is 0. The second-order valence-electron chi connectivity index (χ2n) is 4.49. The number of amides is 1. The van der Waals surface area contributed by atoms with Crippen LogP contribution < -0.4 is 10.5 Å². The summed E-state index contributed by atoms with van der Waals surface area (Å²) in [7, 11) is 1.77. The van der Waals surface area contributed by atoms with Gasteiger partial charge < -0.3 is 15.4 Å². The van der Waals surface area contributed by atoms with Gasteiger partial charge in [0.25, 0.3) is 5.91 Å². The van der Waals surface area contributed by atoms with Gasteiger partial charge in [-0.1, -0.05) is 6.07 Å². The van der Waals surface area contributed by atoms with E-state index in [1.54, 1.807) is 11.9 Å². The maximum absolute atomic E-state index is 11.7. The van der Waals surface area contributed by atoms with Crippen LogP contribution in [-0.2, 0) is 4.79 Å². The van der Waals surface area contributed by atoms with Gasteiger partial charge in [-0.25, -0.2) is 0 Å². The molecule has 1 amide bonds. The first-order valence-electron chi connectivity index (χ1n) is 6.18. The van der Waals surface area contributed by atoms with Crippen molar-refractivity contribution in [2.24, 2.45) is 5.73 Å². The molecular formula is C14H22N2O2. The normalized spacial score (nSPS) is 10.2. The summed E-state index contributed by atoms with van der Waals surface area (Å²) in [6.45, 7) is 5.41. The van der Waals surface area contributed by atoms with Crippen LogP contribution in [0.2, 0.25) is 0 Å². The van der Waals surface area contributed by atoms with Crippen molar-refractivity contribution in [3.63, 3.8) is 0 Å². The molecule has 0 saturated carbocycles. The minimum Gasteiger partial charge on any atom is -0.484 e. The second kappa shape index (κ2) is 7.01. The summed E-state index contributed by atoms with van der Waals surface area (Å²) < 4.78 is 5.48. The van der Waals surface area contributed by atoms with Crippen LogP contribution in [0.1, 0.15) is 17.5 Å². The van der Waals surface area contributed by atoms with Crippen LogP contribution in [0.3, 0.4) is 0 Å². The number of carbonyl (C=O) groups is 1. The molecule has 4 nitrogen and oxygen atoms in total. The highest BCUT2D eigenvalue weighted by Gasteiger charge is 2.09. The summed E-state index contributed by atoms with van der Waals surface area (Å²) in [6.07, 6.45) is 0.811. The lowest BCUT2D eigenvalue weighted by atomic mass is 10.1. The Kier molecular flexibility index (Phi) is 5.65. The first-order valence-corrected chi connectivity index (χ1v) is 6.18. The summed E-state index contributed by atoms with van der Waals surface area (Å²) in [5.74, 6) is 0.709. The summed E-state index contributed by atoms with van der Waals surface area (Å²) in [6, 6.07) is 5.82. The number of likely N-dealkylation sites (N-methyl/N-ethyl adjacent to an activating group) is 1. The van der Waals surface area contributed by atoms with Gasteiger partial charge in [0.1, 0.15) is 5.75 Å². The molecule has 0 heterocycles. The Morgan fingerprint density at radius 3 is 2.67 bits per heavy atom. The first kappa shape index (κ1) is 14.5. The number of rotatable bonds is 6. The fraction of sp³-hybridized carbons (Fsp3) is 0.500. The van der Waals surface area contributed by atoms with E-state index in [4.69, 9.17) is 10.5 Å². The second-order valence-corrected chi connectivity index (χ2v) is 4.49. The lowest BCUT2D eigenvalue weighted by molar-refractivity contribution is -0.132. The van der Waals surface area contributed by atoms with Crippen molar-refractivity contribution < 1.29 is 9.53 Å². The predicted molar refractivity (Wildman–Crippen MR) is 72.7 cm³/mol. The van der Waals surface area contributed by atoms with Crippen LogP contribution in [0.25, 0.3) is 0 Å². The lowest BCUT2D eigenvalue weighted by Gasteiger charge is -2.17. The molecule has 0 saturated heterocycles. The van der Waals surface area contributed by atoms with Gasteiger partial charge in [-0.05, 0) is 50.1 Å². The van der Waals surface area contributed by atoms with Crippen molar-refractivity contribution in [2.45, 2.75) is 20.3 Å². The largest absolute Gasteiger partial charge is 0.484 e. The van der Waals surface area contributed by atoms with E-state index in [1.807, 2.05) is 32.0 Å². The fourth-order valence-corrected chi connectivity index (χ4v) is 1.51. The molecule has 18 heavy (non-hydrogen) atoms. The molecule has 0 aliphatic rings. The third-order valence-corrected chi connectivity index (χ3v) is 2.96. The smallest absolute Gasteiger partial charge is 0.260 e. The first-order chi connectivity index (χ1) is 8.54. The van der Waals surface area contributed by atoms with Gasteiger partial charge in [-0.15, -0.1) is 0 Å². The highest BCUT2D eigenvalue weighted by Crippen LogP contribution is 2.16.